The van der Waals surface area contributed by atoms with Gasteiger partial charge in [0, 0.05) is 18.2 Å². The highest BCUT2D eigenvalue weighted by atomic mass is 16.5. The minimum Gasteiger partial charge on any atom is -0.496 e. The van der Waals surface area contributed by atoms with Gasteiger partial charge >= 0.3 is 0 Å². The molecule has 1 N–H and O–H groups in total. The number of hydrogen-bond acceptors (Lipinski definition) is 5. The van der Waals surface area contributed by atoms with Gasteiger partial charge in [0.05, 0.1) is 40.6 Å². The Labute approximate surface area is 107 Å². The number of methoxy groups -OCH3 is 3. The van der Waals surface area contributed by atoms with E-state index in [0.717, 1.165) is 31.1 Å². The lowest BCUT2D eigenvalue weighted by Gasteiger charge is -2.27. The molecule has 0 aromatic heterocycles. The van der Waals surface area contributed by atoms with Gasteiger partial charge in [0.25, 0.3) is 0 Å². The minimum atomic E-state index is 0.433. The van der Waals surface area contributed by atoms with E-state index in [2.05, 4.69) is 5.32 Å². The number of benzene rings is 1. The number of ether oxygens (including phenoxy) is 4. The summed E-state index contributed by atoms with van der Waals surface area (Å²) in [4.78, 5) is 0. The third-order valence-electron chi connectivity index (χ3n) is 3.01. The van der Waals surface area contributed by atoms with Crippen LogP contribution < -0.4 is 19.5 Å². The highest BCUT2D eigenvalue weighted by Crippen LogP contribution is 2.34. The van der Waals surface area contributed by atoms with E-state index in [1.54, 1.807) is 21.3 Å². The molecule has 1 aromatic carbocycles. The highest BCUT2D eigenvalue weighted by molar-refractivity contribution is 5.50. The quantitative estimate of drug-likeness (QED) is 0.825. The monoisotopic (exact) mass is 253 g/mol. The zero-order chi connectivity index (χ0) is 13.0. The van der Waals surface area contributed by atoms with Crippen molar-refractivity contribution in [2.24, 2.45) is 0 Å². The maximum atomic E-state index is 5.36. The molecule has 1 saturated heterocycles. The van der Waals surface area contributed by atoms with Crippen LogP contribution in [0.15, 0.2) is 12.1 Å². The zero-order valence-electron chi connectivity index (χ0n) is 11.0. The van der Waals surface area contributed by atoms with Gasteiger partial charge in [-0.3, -0.25) is 0 Å². The Balaban J connectivity index is 2.15. The van der Waals surface area contributed by atoms with Crippen molar-refractivity contribution < 1.29 is 18.9 Å². The van der Waals surface area contributed by atoms with E-state index in [4.69, 9.17) is 18.9 Å². The summed E-state index contributed by atoms with van der Waals surface area (Å²) in [6.45, 7) is 2.27. The summed E-state index contributed by atoms with van der Waals surface area (Å²) >= 11 is 0. The summed E-state index contributed by atoms with van der Waals surface area (Å²) in [7, 11) is 4.89. The van der Waals surface area contributed by atoms with E-state index in [-0.39, 0.29) is 0 Å². The molecule has 5 heteroatoms. The first-order valence-corrected chi connectivity index (χ1v) is 5.88. The SMILES string of the molecule is COc1cc(OC)c(OC)cc1CNC1COC1. The summed E-state index contributed by atoms with van der Waals surface area (Å²) in [6, 6.07) is 4.21. The molecule has 0 atom stereocenters. The van der Waals surface area contributed by atoms with E-state index in [0.29, 0.717) is 17.5 Å². The van der Waals surface area contributed by atoms with Gasteiger partial charge in [0.2, 0.25) is 0 Å². The lowest BCUT2D eigenvalue weighted by Crippen LogP contribution is -2.45. The topological polar surface area (TPSA) is 49.0 Å². The predicted molar refractivity (Wildman–Crippen MR) is 67.5 cm³/mol. The Morgan fingerprint density at radius 1 is 1.06 bits per heavy atom. The van der Waals surface area contributed by atoms with Crippen molar-refractivity contribution >= 4 is 0 Å². The Morgan fingerprint density at radius 3 is 2.17 bits per heavy atom. The summed E-state index contributed by atoms with van der Waals surface area (Å²) in [6.07, 6.45) is 0. The predicted octanol–water partition coefficient (Wildman–Crippen LogP) is 1.20. The molecule has 0 radical (unpaired) electrons. The van der Waals surface area contributed by atoms with Gasteiger partial charge in [-0.2, -0.15) is 0 Å². The third-order valence-corrected chi connectivity index (χ3v) is 3.01. The van der Waals surface area contributed by atoms with Crippen LogP contribution in [0.4, 0.5) is 0 Å². The molecule has 2 rings (SSSR count). The standard InChI is InChI=1S/C13H19NO4/c1-15-11-5-13(17-3)12(16-2)4-9(11)6-14-10-7-18-8-10/h4-5,10,14H,6-8H2,1-3H3. The van der Waals surface area contributed by atoms with Crippen molar-refractivity contribution in [2.45, 2.75) is 12.6 Å². The lowest BCUT2D eigenvalue weighted by molar-refractivity contribution is -0.00585. The fourth-order valence-electron chi connectivity index (χ4n) is 1.84. The van der Waals surface area contributed by atoms with Gasteiger partial charge in [-0.05, 0) is 6.07 Å². The number of hydrogen-bond donors (Lipinski definition) is 1. The van der Waals surface area contributed by atoms with Crippen molar-refractivity contribution in [1.29, 1.82) is 0 Å². The first kappa shape index (κ1) is 13.0. The molecule has 1 fully saturated rings. The summed E-state index contributed by atoms with van der Waals surface area (Å²) < 4.78 is 21.0. The Bertz CT molecular complexity index is 404. The van der Waals surface area contributed by atoms with Gasteiger partial charge in [0.15, 0.2) is 11.5 Å². The van der Waals surface area contributed by atoms with Gasteiger partial charge in [-0.1, -0.05) is 0 Å². The molecular weight excluding hydrogens is 234 g/mol. The fourth-order valence-corrected chi connectivity index (χ4v) is 1.84. The van der Waals surface area contributed by atoms with Crippen LogP contribution in [-0.4, -0.2) is 40.6 Å². The van der Waals surface area contributed by atoms with Gasteiger partial charge < -0.3 is 24.3 Å². The molecule has 0 aliphatic carbocycles. The average molecular weight is 253 g/mol. The van der Waals surface area contributed by atoms with Crippen molar-refractivity contribution in [3.8, 4) is 17.2 Å². The smallest absolute Gasteiger partial charge is 0.164 e. The van der Waals surface area contributed by atoms with E-state index in [1.807, 2.05) is 12.1 Å². The first-order chi connectivity index (χ1) is 8.78. The second-order valence-electron chi connectivity index (χ2n) is 4.13. The molecule has 0 spiro atoms. The third kappa shape index (κ3) is 2.68. The highest BCUT2D eigenvalue weighted by Gasteiger charge is 2.19. The van der Waals surface area contributed by atoms with Crippen LogP contribution in [0.5, 0.6) is 17.2 Å². The first-order valence-electron chi connectivity index (χ1n) is 5.88. The minimum absolute atomic E-state index is 0.433. The van der Waals surface area contributed by atoms with Gasteiger partial charge in [-0.15, -0.1) is 0 Å². The number of rotatable bonds is 6. The Morgan fingerprint density at radius 2 is 1.67 bits per heavy atom. The van der Waals surface area contributed by atoms with E-state index >= 15 is 0 Å². The van der Waals surface area contributed by atoms with Crippen LogP contribution in [0.1, 0.15) is 5.56 Å². The van der Waals surface area contributed by atoms with Crippen LogP contribution in [0.3, 0.4) is 0 Å². The molecule has 1 aliphatic rings. The normalized spacial score (nSPS) is 15.1. The van der Waals surface area contributed by atoms with Crippen LogP contribution in [0.2, 0.25) is 0 Å². The molecule has 100 valence electrons. The zero-order valence-corrected chi connectivity index (χ0v) is 11.0. The molecule has 18 heavy (non-hydrogen) atoms. The van der Waals surface area contributed by atoms with Crippen molar-refractivity contribution in [2.75, 3.05) is 34.5 Å². The van der Waals surface area contributed by atoms with E-state index in [9.17, 15) is 0 Å². The molecule has 0 amide bonds. The van der Waals surface area contributed by atoms with Crippen LogP contribution in [0.25, 0.3) is 0 Å². The average Bonchev–Trinajstić information content (AvgIpc) is 2.36. The van der Waals surface area contributed by atoms with Crippen molar-refractivity contribution in [3.63, 3.8) is 0 Å². The fraction of sp³-hybridized carbons (Fsp3) is 0.538. The van der Waals surface area contributed by atoms with Crippen LogP contribution in [0, 0.1) is 0 Å². The van der Waals surface area contributed by atoms with Crippen LogP contribution >= 0.6 is 0 Å². The van der Waals surface area contributed by atoms with E-state index < -0.39 is 0 Å². The Kier molecular flexibility index (Phi) is 4.28. The second-order valence-corrected chi connectivity index (χ2v) is 4.13. The molecule has 0 bridgehead atoms. The van der Waals surface area contributed by atoms with Crippen molar-refractivity contribution in [1.82, 2.24) is 5.32 Å². The molecule has 0 saturated carbocycles. The summed E-state index contributed by atoms with van der Waals surface area (Å²) in [5.74, 6) is 2.17. The molecule has 1 heterocycles. The molecule has 1 aromatic rings. The molecule has 5 nitrogen and oxygen atoms in total. The van der Waals surface area contributed by atoms with Crippen LogP contribution in [-0.2, 0) is 11.3 Å². The van der Waals surface area contributed by atoms with E-state index in [1.165, 1.54) is 0 Å². The summed E-state index contributed by atoms with van der Waals surface area (Å²) in [5, 5.41) is 3.40. The second kappa shape index (κ2) is 5.93. The molecular formula is C13H19NO4. The maximum Gasteiger partial charge on any atom is 0.164 e. The Hall–Kier alpha value is -1.46. The van der Waals surface area contributed by atoms with Gasteiger partial charge in [-0.25, -0.2) is 0 Å². The summed E-state index contributed by atoms with van der Waals surface area (Å²) in [5.41, 5.74) is 1.04. The molecule has 1 aliphatic heterocycles. The van der Waals surface area contributed by atoms with Crippen molar-refractivity contribution in [3.05, 3.63) is 17.7 Å². The lowest BCUT2D eigenvalue weighted by atomic mass is 10.1. The van der Waals surface area contributed by atoms with Gasteiger partial charge in [0.1, 0.15) is 5.75 Å². The largest absolute Gasteiger partial charge is 0.496 e. The number of nitrogens with one attached hydrogen (secondary N) is 1. The molecule has 0 unspecified atom stereocenters. The maximum absolute atomic E-state index is 5.36.